The minimum absolute atomic E-state index is 0.000994. The zero-order valence-electron chi connectivity index (χ0n) is 23.5. The number of piperidine rings is 1. The summed E-state index contributed by atoms with van der Waals surface area (Å²) < 4.78 is 0. The van der Waals surface area contributed by atoms with Crippen LogP contribution in [0.2, 0.25) is 0 Å². The smallest absolute Gasteiger partial charge is 0.236 e. The summed E-state index contributed by atoms with van der Waals surface area (Å²) in [5.41, 5.74) is 6.06. The first-order chi connectivity index (χ1) is 18.8. The summed E-state index contributed by atoms with van der Waals surface area (Å²) in [4.78, 5) is 20.5. The lowest BCUT2D eigenvalue weighted by Gasteiger charge is -2.41. The maximum absolute atomic E-state index is 14.4. The van der Waals surface area contributed by atoms with Gasteiger partial charge in [0.25, 0.3) is 0 Å². The summed E-state index contributed by atoms with van der Waals surface area (Å²) in [5, 5.41) is 9.31. The number of benzene rings is 3. The van der Waals surface area contributed by atoms with E-state index < -0.39 is 0 Å². The molecule has 1 heterocycles. The fourth-order valence-electron chi connectivity index (χ4n) is 5.29. The molecule has 1 amide bonds. The van der Waals surface area contributed by atoms with Crippen LogP contribution in [0.1, 0.15) is 40.2 Å². The first-order valence-electron chi connectivity index (χ1n) is 13.1. The number of anilines is 1. The summed E-state index contributed by atoms with van der Waals surface area (Å²) in [6, 6.07) is 26.6. The number of rotatable bonds is 7. The zero-order valence-corrected chi connectivity index (χ0v) is 23.5. The van der Waals surface area contributed by atoms with Crippen LogP contribution in [0.4, 0.5) is 5.69 Å². The van der Waals surface area contributed by atoms with Crippen molar-refractivity contribution in [1.82, 2.24) is 9.80 Å². The highest BCUT2D eigenvalue weighted by molar-refractivity contribution is 5.98. The molecule has 1 aliphatic rings. The number of carbonyl (C=O) groups excluding carboxylic acids is 1. The number of likely N-dealkylation sites (tertiary alicyclic amines) is 1. The Bertz CT molecular complexity index is 1310. The van der Waals surface area contributed by atoms with Crippen molar-refractivity contribution in [2.24, 2.45) is 5.92 Å². The van der Waals surface area contributed by atoms with Crippen molar-refractivity contribution in [2.45, 2.75) is 32.7 Å². The Morgan fingerprint density at radius 2 is 1.64 bits per heavy atom. The van der Waals surface area contributed by atoms with Crippen LogP contribution in [-0.4, -0.2) is 42.9 Å². The van der Waals surface area contributed by atoms with E-state index in [0.29, 0.717) is 11.4 Å². The Balaban J connectivity index is 0.00000205. The first-order valence-corrected chi connectivity index (χ1v) is 13.1. The fourth-order valence-corrected chi connectivity index (χ4v) is 5.29. The number of amides is 1. The van der Waals surface area contributed by atoms with Gasteiger partial charge >= 0.3 is 0 Å². The van der Waals surface area contributed by atoms with Gasteiger partial charge in [-0.2, -0.15) is 5.26 Å². The van der Waals surface area contributed by atoms with Crippen molar-refractivity contribution in [3.8, 4) is 18.9 Å². The average Bonchev–Trinajstić information content (AvgIpc) is 2.94. The Kier molecular flexibility index (Phi) is 10.1. The normalized spacial score (nSPS) is 16.7. The van der Waals surface area contributed by atoms with Crippen molar-refractivity contribution in [1.29, 1.82) is 5.26 Å². The van der Waals surface area contributed by atoms with Crippen LogP contribution in [0.15, 0.2) is 85.2 Å². The third-order valence-corrected chi connectivity index (χ3v) is 7.19. The van der Waals surface area contributed by atoms with E-state index in [-0.39, 0.29) is 17.7 Å². The highest BCUT2D eigenvalue weighted by atomic mass is 16.2. The summed E-state index contributed by atoms with van der Waals surface area (Å²) in [5.74, 6) is 0.510. The van der Waals surface area contributed by atoms with Gasteiger partial charge in [0.2, 0.25) is 5.91 Å². The number of terminal acetylenes is 1. The lowest BCUT2D eigenvalue weighted by molar-refractivity contribution is -0.124. The van der Waals surface area contributed by atoms with Crippen LogP contribution < -0.4 is 4.90 Å². The van der Waals surface area contributed by atoms with Gasteiger partial charge in [-0.25, -0.2) is 0 Å². The van der Waals surface area contributed by atoms with Crippen LogP contribution in [0.25, 0.3) is 0 Å². The molecule has 3 aromatic rings. The van der Waals surface area contributed by atoms with E-state index in [4.69, 9.17) is 0 Å². The Hall–Kier alpha value is -4.32. The van der Waals surface area contributed by atoms with Crippen LogP contribution in [0.5, 0.6) is 0 Å². The average molecular weight is 519 g/mol. The molecule has 0 saturated carbocycles. The van der Waals surface area contributed by atoms with Gasteiger partial charge in [0.1, 0.15) is 5.82 Å². The van der Waals surface area contributed by atoms with E-state index in [1.807, 2.05) is 49.3 Å². The van der Waals surface area contributed by atoms with Crippen LogP contribution in [0.3, 0.4) is 0 Å². The quantitative estimate of drug-likeness (QED) is 0.355. The van der Waals surface area contributed by atoms with Gasteiger partial charge < -0.3 is 4.90 Å². The molecular formula is C34H38N4O. The van der Waals surface area contributed by atoms with Crippen molar-refractivity contribution in [3.63, 3.8) is 0 Å². The van der Waals surface area contributed by atoms with E-state index >= 15 is 0 Å². The number of carbonyl (C=O) groups is 1. The molecule has 5 nitrogen and oxygen atoms in total. The highest BCUT2D eigenvalue weighted by Crippen LogP contribution is 2.37. The minimum atomic E-state index is -0.211. The van der Waals surface area contributed by atoms with Crippen molar-refractivity contribution >= 4 is 11.6 Å². The summed E-state index contributed by atoms with van der Waals surface area (Å²) in [6.45, 7) is 10.8. The SMILES string of the molecule is C#C.C=C(N(C)C)N(C(=O)[C@H]1CCN(Cc2ccccc2)C[C@H]1c1ccc(C#N)cc1)c1cc(C)cc(C)c1. The largest absolute Gasteiger partial charge is 0.364 e. The van der Waals surface area contributed by atoms with Gasteiger partial charge in [-0.05, 0) is 73.3 Å². The summed E-state index contributed by atoms with van der Waals surface area (Å²) in [7, 11) is 3.84. The second-order valence-corrected chi connectivity index (χ2v) is 10.3. The highest BCUT2D eigenvalue weighted by Gasteiger charge is 2.38. The molecule has 4 rings (SSSR count). The number of nitrogens with zero attached hydrogens (tertiary/aromatic N) is 4. The maximum Gasteiger partial charge on any atom is 0.236 e. The lowest BCUT2D eigenvalue weighted by atomic mass is 9.79. The monoisotopic (exact) mass is 518 g/mol. The van der Waals surface area contributed by atoms with Crippen molar-refractivity contribution in [2.75, 3.05) is 32.1 Å². The number of hydrogen-bond donors (Lipinski definition) is 0. The van der Waals surface area contributed by atoms with Crippen molar-refractivity contribution < 1.29 is 4.79 Å². The molecule has 5 heteroatoms. The predicted octanol–water partition coefficient (Wildman–Crippen LogP) is 6.10. The Morgan fingerprint density at radius 1 is 1.03 bits per heavy atom. The van der Waals surface area contributed by atoms with Crippen LogP contribution in [-0.2, 0) is 11.3 Å². The number of hydrogen-bond acceptors (Lipinski definition) is 4. The van der Waals surface area contributed by atoms with E-state index in [9.17, 15) is 10.1 Å². The fraction of sp³-hybridized carbons (Fsp3) is 0.294. The van der Waals surface area contributed by atoms with E-state index in [1.54, 1.807) is 4.90 Å². The molecule has 1 fully saturated rings. The first kappa shape index (κ1) is 29.2. The van der Waals surface area contributed by atoms with Crippen LogP contribution >= 0.6 is 0 Å². The molecule has 0 spiro atoms. The Morgan fingerprint density at radius 3 is 2.21 bits per heavy atom. The zero-order chi connectivity index (χ0) is 28.5. The molecule has 39 heavy (non-hydrogen) atoms. The molecule has 1 aliphatic heterocycles. The van der Waals surface area contributed by atoms with E-state index in [1.165, 1.54) is 5.56 Å². The van der Waals surface area contributed by atoms with Gasteiger partial charge in [-0.3, -0.25) is 14.6 Å². The van der Waals surface area contributed by atoms with Gasteiger partial charge in [-0.15, -0.1) is 12.8 Å². The molecule has 0 N–H and O–H groups in total. The molecule has 3 aromatic carbocycles. The Labute approximate surface area is 234 Å². The van der Waals surface area contributed by atoms with E-state index in [2.05, 4.69) is 86.7 Å². The molecule has 1 saturated heterocycles. The third kappa shape index (κ3) is 7.17. The summed E-state index contributed by atoms with van der Waals surface area (Å²) >= 11 is 0. The molecular weight excluding hydrogens is 480 g/mol. The second kappa shape index (κ2) is 13.5. The molecule has 0 unspecified atom stereocenters. The van der Waals surface area contributed by atoms with Crippen LogP contribution in [0, 0.1) is 43.9 Å². The molecule has 200 valence electrons. The molecule has 0 aromatic heterocycles. The van der Waals surface area contributed by atoms with Crippen molar-refractivity contribution in [3.05, 3.63) is 113 Å². The van der Waals surface area contributed by atoms with Gasteiger partial charge in [0, 0.05) is 39.0 Å². The summed E-state index contributed by atoms with van der Waals surface area (Å²) in [6.07, 6.45) is 8.75. The predicted molar refractivity (Wildman–Crippen MR) is 160 cm³/mol. The molecule has 0 bridgehead atoms. The number of nitriles is 1. The number of aryl methyl sites for hydroxylation is 2. The van der Waals surface area contributed by atoms with Gasteiger partial charge in [-0.1, -0.05) is 55.1 Å². The topological polar surface area (TPSA) is 50.6 Å². The van der Waals surface area contributed by atoms with E-state index in [0.717, 1.165) is 48.4 Å². The standard InChI is InChI=1S/C32H36N4O.C2H2/c1-23-17-24(2)19-29(18-23)36(25(3)34(4)5)32(37)30-15-16-35(21-27-9-7-6-8-10-27)22-31(30)28-13-11-26(20-33)12-14-28;1-2/h6-14,17-19,30-31H,3,15-16,21-22H2,1-2,4-5H3;1-2H/t30-,31-;/m0./s1. The molecule has 2 atom stereocenters. The van der Waals surface area contributed by atoms with Gasteiger partial charge in [0.05, 0.1) is 17.3 Å². The lowest BCUT2D eigenvalue weighted by Crippen LogP contribution is -2.47. The molecule has 0 aliphatic carbocycles. The third-order valence-electron chi connectivity index (χ3n) is 7.19. The minimum Gasteiger partial charge on any atom is -0.364 e. The maximum atomic E-state index is 14.4. The molecule has 0 radical (unpaired) electrons. The second-order valence-electron chi connectivity index (χ2n) is 10.3. The van der Waals surface area contributed by atoms with Gasteiger partial charge in [0.15, 0.2) is 0 Å².